The first kappa shape index (κ1) is 12.4. The predicted octanol–water partition coefficient (Wildman–Crippen LogP) is 0.267. The van der Waals surface area contributed by atoms with Crippen LogP contribution in [0.5, 0.6) is 0 Å². The maximum absolute atomic E-state index is 12.2. The Morgan fingerprint density at radius 3 is 2.56 bits per heavy atom. The summed E-state index contributed by atoms with van der Waals surface area (Å²) in [5.41, 5.74) is 3.55. The second-order valence-corrected chi connectivity index (χ2v) is 3.37. The lowest BCUT2D eigenvalue weighted by Crippen LogP contribution is -2.42. The van der Waals surface area contributed by atoms with Crippen molar-refractivity contribution in [1.82, 2.24) is 9.13 Å². The van der Waals surface area contributed by atoms with E-state index >= 15 is 0 Å². The third kappa shape index (κ3) is 2.47. The molecular weight excluding hydrogens is 220 g/mol. The average Bonchev–Trinajstić information content (AvgIpc) is 2.21. The van der Waals surface area contributed by atoms with Gasteiger partial charge in [-0.05, 0) is 6.42 Å². The van der Waals surface area contributed by atoms with Gasteiger partial charge in [-0.15, -0.1) is 0 Å². The van der Waals surface area contributed by atoms with Crippen LogP contribution in [0.4, 0.5) is 14.5 Å². The Morgan fingerprint density at radius 1 is 1.44 bits per heavy atom. The van der Waals surface area contributed by atoms with Crippen LogP contribution in [-0.2, 0) is 13.1 Å². The minimum absolute atomic E-state index is 0.200. The van der Waals surface area contributed by atoms with Crippen molar-refractivity contribution in [2.75, 3.05) is 5.73 Å². The molecule has 0 saturated heterocycles. The summed E-state index contributed by atoms with van der Waals surface area (Å²) in [7, 11) is 0. The molecule has 0 saturated carbocycles. The molecule has 0 unspecified atom stereocenters. The number of rotatable bonds is 4. The first-order valence-electron chi connectivity index (χ1n) is 4.85. The number of nitrogen functional groups attached to an aromatic ring is 1. The molecule has 0 spiro atoms. The minimum atomic E-state index is -2.76. The molecule has 7 heteroatoms. The Labute approximate surface area is 90.1 Å². The van der Waals surface area contributed by atoms with E-state index in [0.29, 0.717) is 17.5 Å². The zero-order valence-electron chi connectivity index (χ0n) is 8.82. The van der Waals surface area contributed by atoms with E-state index in [0.717, 1.165) is 0 Å². The fourth-order valence-corrected chi connectivity index (χ4v) is 1.38. The highest BCUT2D eigenvalue weighted by Gasteiger charge is 2.13. The molecule has 0 bridgehead atoms. The lowest BCUT2D eigenvalue weighted by Gasteiger charge is -2.10. The van der Waals surface area contributed by atoms with E-state index in [-0.39, 0.29) is 5.69 Å². The van der Waals surface area contributed by atoms with Gasteiger partial charge in [-0.3, -0.25) is 13.9 Å². The fraction of sp³-hybridized carbons (Fsp3) is 0.556. The molecule has 5 nitrogen and oxygen atoms in total. The molecular formula is C9H13F2N3O2. The maximum Gasteiger partial charge on any atom is 0.331 e. The number of nitrogens with zero attached hydrogens (tertiary/aromatic N) is 2. The Bertz CT molecular complexity index is 479. The van der Waals surface area contributed by atoms with Crippen LogP contribution in [0.25, 0.3) is 0 Å². The number of hydrogen-bond acceptors (Lipinski definition) is 3. The standard InChI is InChI=1S/C9H13F2N3O2/c1-2-3-13-4-6(12)8(15)14(9(13)16)5-7(10)11/h4,7H,2-3,5,12H2,1H3. The van der Waals surface area contributed by atoms with Gasteiger partial charge < -0.3 is 5.73 Å². The summed E-state index contributed by atoms with van der Waals surface area (Å²) < 4.78 is 26.0. The first-order valence-corrected chi connectivity index (χ1v) is 4.85. The van der Waals surface area contributed by atoms with Gasteiger partial charge in [-0.25, -0.2) is 13.6 Å². The molecule has 0 aliphatic heterocycles. The third-order valence-corrected chi connectivity index (χ3v) is 2.05. The van der Waals surface area contributed by atoms with Gasteiger partial charge in [0.05, 0.1) is 6.54 Å². The number of nitrogens with two attached hydrogens (primary N) is 1. The van der Waals surface area contributed by atoms with E-state index in [2.05, 4.69) is 0 Å². The molecule has 1 aromatic heterocycles. The summed E-state index contributed by atoms with van der Waals surface area (Å²) in [5.74, 6) is 0. The van der Waals surface area contributed by atoms with E-state index in [9.17, 15) is 18.4 Å². The molecule has 90 valence electrons. The SMILES string of the molecule is CCCn1cc(N)c(=O)n(CC(F)F)c1=O. The van der Waals surface area contributed by atoms with Gasteiger partial charge in [0.2, 0.25) is 0 Å². The zero-order chi connectivity index (χ0) is 12.3. The average molecular weight is 233 g/mol. The molecule has 0 aliphatic rings. The van der Waals surface area contributed by atoms with Gasteiger partial charge in [0.25, 0.3) is 12.0 Å². The smallest absolute Gasteiger partial charge is 0.331 e. The van der Waals surface area contributed by atoms with Gasteiger partial charge in [0.1, 0.15) is 5.69 Å². The number of anilines is 1. The van der Waals surface area contributed by atoms with E-state index in [1.165, 1.54) is 10.8 Å². The molecule has 0 radical (unpaired) electrons. The van der Waals surface area contributed by atoms with Crippen molar-refractivity contribution in [1.29, 1.82) is 0 Å². The topological polar surface area (TPSA) is 70.0 Å². The molecule has 0 fully saturated rings. The summed E-state index contributed by atoms with van der Waals surface area (Å²) in [4.78, 5) is 23.0. The van der Waals surface area contributed by atoms with Crippen molar-refractivity contribution in [2.45, 2.75) is 32.9 Å². The molecule has 16 heavy (non-hydrogen) atoms. The minimum Gasteiger partial charge on any atom is -0.393 e. The summed E-state index contributed by atoms with van der Waals surface area (Å²) in [6.45, 7) is 1.24. The summed E-state index contributed by atoms with van der Waals surface area (Å²) >= 11 is 0. The van der Waals surface area contributed by atoms with Gasteiger partial charge in [-0.1, -0.05) is 6.92 Å². The molecule has 0 atom stereocenters. The molecule has 1 aromatic rings. The summed E-state index contributed by atoms with van der Waals surface area (Å²) in [6, 6.07) is 0. The van der Waals surface area contributed by atoms with Crippen molar-refractivity contribution in [3.63, 3.8) is 0 Å². The second-order valence-electron chi connectivity index (χ2n) is 3.37. The highest BCUT2D eigenvalue weighted by molar-refractivity contribution is 5.30. The maximum atomic E-state index is 12.2. The molecule has 1 rings (SSSR count). The van der Waals surface area contributed by atoms with Crippen molar-refractivity contribution in [3.8, 4) is 0 Å². The second kappa shape index (κ2) is 4.91. The number of hydrogen-bond donors (Lipinski definition) is 1. The van der Waals surface area contributed by atoms with Crippen LogP contribution >= 0.6 is 0 Å². The Balaban J connectivity index is 3.34. The van der Waals surface area contributed by atoms with Crippen molar-refractivity contribution < 1.29 is 8.78 Å². The van der Waals surface area contributed by atoms with Gasteiger partial charge >= 0.3 is 5.69 Å². The molecule has 0 aromatic carbocycles. The van der Waals surface area contributed by atoms with E-state index < -0.39 is 24.2 Å². The summed E-state index contributed by atoms with van der Waals surface area (Å²) in [6.07, 6.45) is -0.926. The van der Waals surface area contributed by atoms with Crippen molar-refractivity contribution in [3.05, 3.63) is 27.0 Å². The lowest BCUT2D eigenvalue weighted by atomic mass is 10.4. The normalized spacial score (nSPS) is 11.0. The van der Waals surface area contributed by atoms with Crippen LogP contribution in [0.2, 0.25) is 0 Å². The molecule has 2 N–H and O–H groups in total. The van der Waals surface area contributed by atoms with Gasteiger partial charge in [0, 0.05) is 12.7 Å². The Morgan fingerprint density at radius 2 is 2.06 bits per heavy atom. The molecule has 1 heterocycles. The number of aromatic nitrogens is 2. The first-order chi connectivity index (χ1) is 7.47. The Hall–Kier alpha value is -1.66. The fourth-order valence-electron chi connectivity index (χ4n) is 1.38. The lowest BCUT2D eigenvalue weighted by molar-refractivity contribution is 0.123. The van der Waals surface area contributed by atoms with Crippen molar-refractivity contribution >= 4 is 5.69 Å². The number of alkyl halides is 2. The Kier molecular flexibility index (Phi) is 3.81. The van der Waals surface area contributed by atoms with Gasteiger partial charge in [0.15, 0.2) is 0 Å². The number of halogens is 2. The highest BCUT2D eigenvalue weighted by Crippen LogP contribution is 1.96. The molecule has 0 amide bonds. The van der Waals surface area contributed by atoms with Crippen LogP contribution in [-0.4, -0.2) is 15.6 Å². The van der Waals surface area contributed by atoms with Crippen LogP contribution in [0.15, 0.2) is 15.8 Å². The summed E-state index contributed by atoms with van der Waals surface area (Å²) in [5, 5.41) is 0. The quantitative estimate of drug-likeness (QED) is 0.811. The largest absolute Gasteiger partial charge is 0.393 e. The van der Waals surface area contributed by atoms with Crippen LogP contribution in [0.1, 0.15) is 13.3 Å². The monoisotopic (exact) mass is 233 g/mol. The predicted molar refractivity (Wildman–Crippen MR) is 55.7 cm³/mol. The van der Waals surface area contributed by atoms with E-state index in [1.54, 1.807) is 0 Å². The van der Waals surface area contributed by atoms with E-state index in [1.807, 2.05) is 6.92 Å². The van der Waals surface area contributed by atoms with Crippen molar-refractivity contribution in [2.24, 2.45) is 0 Å². The zero-order valence-corrected chi connectivity index (χ0v) is 8.82. The van der Waals surface area contributed by atoms with Crippen LogP contribution in [0, 0.1) is 0 Å². The van der Waals surface area contributed by atoms with Crippen LogP contribution in [0.3, 0.4) is 0 Å². The molecule has 0 aliphatic carbocycles. The third-order valence-electron chi connectivity index (χ3n) is 2.05. The van der Waals surface area contributed by atoms with Crippen LogP contribution < -0.4 is 17.0 Å². The van der Waals surface area contributed by atoms with Gasteiger partial charge in [-0.2, -0.15) is 0 Å². The van der Waals surface area contributed by atoms with E-state index in [4.69, 9.17) is 5.73 Å². The highest BCUT2D eigenvalue weighted by atomic mass is 19.3. The number of aryl methyl sites for hydroxylation is 1.